The summed E-state index contributed by atoms with van der Waals surface area (Å²) in [6.45, 7) is 21.0. The first kappa shape index (κ1) is 53.4. The molecule has 8 N–H and O–H groups in total. The van der Waals surface area contributed by atoms with Gasteiger partial charge in [-0.15, -0.1) is 0 Å². The summed E-state index contributed by atoms with van der Waals surface area (Å²) in [6.07, 6.45) is 31.3. The van der Waals surface area contributed by atoms with Crippen molar-refractivity contribution in [2.24, 2.45) is 33.8 Å². The quantitative estimate of drug-likeness (QED) is 0.0465. The Balaban J connectivity index is 1.97. The minimum atomic E-state index is -0.839. The van der Waals surface area contributed by atoms with Crippen LogP contribution in [0.5, 0.6) is 0 Å². The van der Waals surface area contributed by atoms with Crippen molar-refractivity contribution in [1.82, 2.24) is 0 Å². The monoisotopic (exact) mass is 853 g/mol. The van der Waals surface area contributed by atoms with Crippen LogP contribution in [0.2, 0.25) is 0 Å². The van der Waals surface area contributed by atoms with Gasteiger partial charge in [-0.3, -0.25) is 19.2 Å². The van der Waals surface area contributed by atoms with Gasteiger partial charge in [0.2, 0.25) is 0 Å². The van der Waals surface area contributed by atoms with Gasteiger partial charge in [-0.1, -0.05) is 148 Å². The molecule has 0 bridgehead atoms. The summed E-state index contributed by atoms with van der Waals surface area (Å²) in [5.41, 5.74) is 29.6. The zero-order chi connectivity index (χ0) is 46.6. The lowest BCUT2D eigenvalue weighted by atomic mass is 9.71. The fourth-order valence-electron chi connectivity index (χ4n) is 7.47. The van der Waals surface area contributed by atoms with Gasteiger partial charge >= 0.3 is 11.9 Å². The molecule has 340 valence electrons. The van der Waals surface area contributed by atoms with Crippen molar-refractivity contribution in [2.75, 3.05) is 13.1 Å². The predicted molar refractivity (Wildman–Crippen MR) is 254 cm³/mol. The highest BCUT2D eigenvalue weighted by molar-refractivity contribution is 6.02. The lowest BCUT2D eigenvalue weighted by Gasteiger charge is -2.36. The second-order valence-corrected chi connectivity index (χ2v) is 18.0. The Labute approximate surface area is 372 Å². The molecule has 0 heterocycles. The highest BCUT2D eigenvalue weighted by Crippen LogP contribution is 2.42. The average molecular weight is 853 g/mol. The Kier molecular flexibility index (Phi) is 22.4. The Bertz CT molecular complexity index is 1810. The molecule has 0 saturated carbocycles. The molecule has 2 unspecified atom stereocenters. The number of hydrogen-bond donors (Lipinski definition) is 4. The normalized spacial score (nSPS) is 21.7. The van der Waals surface area contributed by atoms with Crippen LogP contribution in [-0.4, -0.2) is 60.9 Å². The van der Waals surface area contributed by atoms with E-state index in [0.717, 1.165) is 59.1 Å². The minimum absolute atomic E-state index is 0.179. The Morgan fingerprint density at radius 3 is 1.24 bits per heavy atom. The van der Waals surface area contributed by atoms with Crippen molar-refractivity contribution in [3.8, 4) is 0 Å². The van der Waals surface area contributed by atoms with E-state index < -0.39 is 36.2 Å². The van der Waals surface area contributed by atoms with Crippen molar-refractivity contribution >= 4 is 23.5 Å². The zero-order valence-electron chi connectivity index (χ0n) is 39.2. The molecule has 0 aromatic carbocycles. The van der Waals surface area contributed by atoms with E-state index >= 15 is 0 Å². The van der Waals surface area contributed by atoms with Gasteiger partial charge in [0.05, 0.1) is 0 Å². The number of carbonyl (C=O) groups is 4. The fraction of sp³-hybridized carbons (Fsp3) is 0.500. The summed E-state index contributed by atoms with van der Waals surface area (Å²) < 4.78 is 11.2. The summed E-state index contributed by atoms with van der Waals surface area (Å²) >= 11 is 0. The molecule has 0 amide bonds. The number of nitrogens with two attached hydrogens (primary N) is 4. The first-order chi connectivity index (χ1) is 29.1. The smallest absolute Gasteiger partial charge is 0.323 e. The summed E-state index contributed by atoms with van der Waals surface area (Å²) in [4.78, 5) is 51.6. The molecule has 2 rings (SSSR count). The first-order valence-electron chi connectivity index (χ1n) is 22.1. The third kappa shape index (κ3) is 17.6. The predicted octanol–water partition coefficient (Wildman–Crippen LogP) is 8.92. The van der Waals surface area contributed by atoms with Crippen LogP contribution in [0.25, 0.3) is 0 Å². The highest BCUT2D eigenvalue weighted by atomic mass is 16.6. The molecule has 0 saturated heterocycles. The van der Waals surface area contributed by atoms with Crippen molar-refractivity contribution in [3.05, 3.63) is 130 Å². The van der Waals surface area contributed by atoms with E-state index in [1.807, 2.05) is 113 Å². The number of Topliss-reactive ketones (excluding diaryl/α,β-unsaturated/α-hetero) is 2. The summed E-state index contributed by atoms with van der Waals surface area (Å²) in [7, 11) is 0. The summed E-state index contributed by atoms with van der Waals surface area (Å²) in [6, 6.07) is -1.52. The Morgan fingerprint density at radius 1 is 0.581 bits per heavy atom. The van der Waals surface area contributed by atoms with Gasteiger partial charge < -0.3 is 32.4 Å². The second kappa shape index (κ2) is 26.0. The van der Waals surface area contributed by atoms with Crippen molar-refractivity contribution < 1.29 is 28.7 Å². The number of unbranched alkanes of at least 4 members (excludes halogenated alkanes) is 2. The molecule has 0 aromatic rings. The fourth-order valence-corrected chi connectivity index (χ4v) is 7.47. The van der Waals surface area contributed by atoms with Crippen LogP contribution in [-0.2, 0) is 28.7 Å². The maximum Gasteiger partial charge on any atom is 0.323 e. The standard InChI is InChI=1S/C52H76N4O6/c1-35(21-17-23-37(3)27-29-41-39(5)47(57)45(33-51(41,7)8)61-49(59)43(55)25-13-15-31-53)19-11-12-20-36(2)22-18-24-38(4)28-30-42-40(6)48(58)46(34-52(42,9)10)62-50(60)44(56)26-14-16-32-54/h11-12,17-24,27-30,43-46H,13-16,25-26,31-34,53-56H2,1-10H3/b12-11+,21-17+,22-18+,29-27+,30-28+,35-19+,36-20+,37-23+,38-24+/t43-,44-,45?,46?/m0/s1. The van der Waals surface area contributed by atoms with E-state index in [2.05, 4.69) is 27.7 Å². The van der Waals surface area contributed by atoms with E-state index in [-0.39, 0.29) is 22.4 Å². The lowest BCUT2D eigenvalue weighted by Crippen LogP contribution is -2.42. The molecule has 2 aliphatic rings. The summed E-state index contributed by atoms with van der Waals surface area (Å²) in [5, 5.41) is 0. The lowest BCUT2D eigenvalue weighted by molar-refractivity contribution is -0.157. The molecular weight excluding hydrogens is 777 g/mol. The van der Waals surface area contributed by atoms with E-state index in [1.165, 1.54) is 0 Å². The number of rotatable bonds is 22. The number of esters is 2. The molecule has 4 atom stereocenters. The topological polar surface area (TPSA) is 191 Å². The molecule has 10 nitrogen and oxygen atoms in total. The molecule has 0 aromatic heterocycles. The Hall–Kier alpha value is -4.74. The maximum absolute atomic E-state index is 13.2. The number of allylic oxidation sites excluding steroid dienone is 20. The van der Waals surface area contributed by atoms with Crippen LogP contribution < -0.4 is 22.9 Å². The van der Waals surface area contributed by atoms with E-state index in [0.29, 0.717) is 49.9 Å². The largest absolute Gasteiger partial charge is 0.453 e. The number of ketones is 2. The van der Waals surface area contributed by atoms with Crippen LogP contribution in [0.4, 0.5) is 0 Å². The van der Waals surface area contributed by atoms with E-state index in [4.69, 9.17) is 32.4 Å². The number of ether oxygens (including phenoxy) is 2. The number of carbonyl (C=O) groups excluding carboxylic acids is 4. The third-order valence-corrected chi connectivity index (χ3v) is 11.3. The number of hydrogen-bond acceptors (Lipinski definition) is 10. The van der Waals surface area contributed by atoms with Crippen LogP contribution in [0.3, 0.4) is 0 Å². The van der Waals surface area contributed by atoms with E-state index in [9.17, 15) is 19.2 Å². The van der Waals surface area contributed by atoms with Gasteiger partial charge in [0.1, 0.15) is 12.1 Å². The van der Waals surface area contributed by atoms with Gasteiger partial charge in [0, 0.05) is 12.8 Å². The van der Waals surface area contributed by atoms with Crippen molar-refractivity contribution in [3.63, 3.8) is 0 Å². The third-order valence-electron chi connectivity index (χ3n) is 11.3. The van der Waals surface area contributed by atoms with Gasteiger partial charge in [-0.05, 0) is 113 Å². The van der Waals surface area contributed by atoms with E-state index in [1.54, 1.807) is 13.8 Å². The molecule has 0 spiro atoms. The minimum Gasteiger partial charge on any atom is -0.453 e. The second-order valence-electron chi connectivity index (χ2n) is 18.0. The molecule has 62 heavy (non-hydrogen) atoms. The van der Waals surface area contributed by atoms with Crippen molar-refractivity contribution in [1.29, 1.82) is 0 Å². The first-order valence-corrected chi connectivity index (χ1v) is 22.1. The van der Waals surface area contributed by atoms with Crippen LogP contribution in [0.1, 0.15) is 121 Å². The highest BCUT2D eigenvalue weighted by Gasteiger charge is 2.41. The van der Waals surface area contributed by atoms with Crippen LogP contribution in [0.15, 0.2) is 130 Å². The molecule has 10 heteroatoms. The summed E-state index contributed by atoms with van der Waals surface area (Å²) in [5.74, 6) is -1.44. The van der Waals surface area contributed by atoms with Crippen molar-refractivity contribution in [2.45, 2.75) is 145 Å². The Morgan fingerprint density at radius 2 is 0.903 bits per heavy atom. The van der Waals surface area contributed by atoms with Gasteiger partial charge in [0.25, 0.3) is 0 Å². The van der Waals surface area contributed by atoms with Crippen LogP contribution >= 0.6 is 0 Å². The van der Waals surface area contributed by atoms with Gasteiger partial charge in [-0.2, -0.15) is 0 Å². The maximum atomic E-state index is 13.2. The zero-order valence-corrected chi connectivity index (χ0v) is 39.2. The SMILES string of the molecule is CC1=C(/C=C/C(C)=C/C=C/C(C)=C/C=C/C=C(C)/C=C/C=C(C)/C=C/C2=C(C)C(=O)C(OC(=O)[C@@H](N)CCCCN)CC2(C)C)C(C)(C)CC(OC(=O)[C@@H](N)CCCCN)C1=O. The molecule has 0 aliphatic heterocycles. The molecule has 0 fully saturated rings. The molecule has 2 aliphatic carbocycles. The van der Waals surface area contributed by atoms with Crippen LogP contribution in [0, 0.1) is 10.8 Å². The molecular formula is C52H76N4O6. The van der Waals surface area contributed by atoms with Gasteiger partial charge in [0.15, 0.2) is 23.8 Å². The average Bonchev–Trinajstić information content (AvgIpc) is 3.20. The van der Waals surface area contributed by atoms with Gasteiger partial charge in [-0.25, -0.2) is 0 Å². The molecule has 0 radical (unpaired) electrons.